The van der Waals surface area contributed by atoms with E-state index in [0.717, 1.165) is 47.8 Å². The number of nitrogens with one attached hydrogen (secondary N) is 1. The fourth-order valence-electron chi connectivity index (χ4n) is 3.33. The van der Waals surface area contributed by atoms with Gasteiger partial charge in [0, 0.05) is 36.2 Å². The number of hydrogen-bond donors (Lipinski definition) is 2. The number of hydrogen-bond acceptors (Lipinski definition) is 6. The topological polar surface area (TPSA) is 76.3 Å². The van der Waals surface area contributed by atoms with Crippen molar-refractivity contribution in [2.24, 2.45) is 0 Å². The van der Waals surface area contributed by atoms with Gasteiger partial charge in [-0.05, 0) is 55.4 Å². The molecule has 3 N–H and O–H groups in total. The van der Waals surface area contributed by atoms with E-state index in [9.17, 15) is 0 Å². The predicted octanol–water partition coefficient (Wildman–Crippen LogP) is 4.24. The van der Waals surface area contributed by atoms with E-state index >= 15 is 0 Å². The second-order valence-electron chi connectivity index (χ2n) is 7.19. The van der Waals surface area contributed by atoms with E-state index in [4.69, 9.17) is 10.5 Å². The number of nitrogens with two attached hydrogens (primary N) is 1. The first-order chi connectivity index (χ1) is 14.2. The second kappa shape index (κ2) is 8.75. The van der Waals surface area contributed by atoms with E-state index in [1.54, 1.807) is 6.20 Å². The van der Waals surface area contributed by atoms with Gasteiger partial charge < -0.3 is 15.8 Å². The number of nitrogens with zero attached hydrogens (tertiary/aromatic N) is 3. The fraction of sp³-hybridized carbons (Fsp3) is 0.217. The van der Waals surface area contributed by atoms with Crippen LogP contribution in [-0.4, -0.2) is 35.1 Å². The largest absolute Gasteiger partial charge is 0.493 e. The molecule has 148 valence electrons. The Morgan fingerprint density at radius 3 is 2.97 bits per heavy atom. The highest BCUT2D eigenvalue weighted by molar-refractivity contribution is 5.65. The van der Waals surface area contributed by atoms with Crippen LogP contribution in [0.2, 0.25) is 0 Å². The Bertz CT molecular complexity index is 1020. The Kier molecular flexibility index (Phi) is 5.72. The molecule has 6 bridgehead atoms. The maximum atomic E-state index is 6.13. The zero-order chi connectivity index (χ0) is 20.1. The lowest BCUT2D eigenvalue weighted by molar-refractivity contribution is 0.324. The molecule has 29 heavy (non-hydrogen) atoms. The first kappa shape index (κ1) is 19.0. The van der Waals surface area contributed by atoms with E-state index < -0.39 is 0 Å². The summed E-state index contributed by atoms with van der Waals surface area (Å²) in [6.07, 6.45) is 6.95. The minimum absolute atomic E-state index is 0.530. The molecule has 0 amide bonds. The summed E-state index contributed by atoms with van der Waals surface area (Å²) in [7, 11) is 2.09. The third-order valence-corrected chi connectivity index (χ3v) is 4.65. The van der Waals surface area contributed by atoms with Crippen LogP contribution in [0.5, 0.6) is 5.75 Å². The third-order valence-electron chi connectivity index (χ3n) is 4.65. The fourth-order valence-corrected chi connectivity index (χ4v) is 3.33. The number of fused-ring (bicyclic) bond motifs is 7. The first-order valence-electron chi connectivity index (χ1n) is 9.72. The average Bonchev–Trinajstić information content (AvgIpc) is 2.70. The zero-order valence-corrected chi connectivity index (χ0v) is 16.5. The van der Waals surface area contributed by atoms with Gasteiger partial charge in [-0.3, -0.25) is 4.90 Å². The molecule has 4 rings (SSSR count). The zero-order valence-electron chi connectivity index (χ0n) is 16.5. The van der Waals surface area contributed by atoms with Crippen molar-refractivity contribution < 1.29 is 4.74 Å². The van der Waals surface area contributed by atoms with Gasteiger partial charge in [-0.1, -0.05) is 24.3 Å². The lowest BCUT2D eigenvalue weighted by atomic mass is 10.1. The van der Waals surface area contributed by atoms with Gasteiger partial charge in [0.1, 0.15) is 5.75 Å². The maximum absolute atomic E-state index is 6.13. The van der Waals surface area contributed by atoms with Crippen LogP contribution in [0, 0.1) is 0 Å². The molecular weight excluding hydrogens is 362 g/mol. The van der Waals surface area contributed by atoms with Crippen LogP contribution in [0.15, 0.2) is 66.9 Å². The highest BCUT2D eigenvalue weighted by Crippen LogP contribution is 2.25. The number of rotatable bonds is 0. The van der Waals surface area contributed by atoms with Crippen LogP contribution in [0.1, 0.15) is 12.0 Å². The molecular formula is C23H25N5O. The summed E-state index contributed by atoms with van der Waals surface area (Å²) >= 11 is 0. The van der Waals surface area contributed by atoms with Crippen molar-refractivity contribution in [3.63, 3.8) is 0 Å². The van der Waals surface area contributed by atoms with Crippen LogP contribution in [0.4, 0.5) is 17.3 Å². The molecule has 6 heteroatoms. The summed E-state index contributed by atoms with van der Waals surface area (Å²) in [5, 5.41) is 3.29. The number of likely N-dealkylation sites (N-methyl/N-ethyl adjacent to an activating group) is 1. The van der Waals surface area contributed by atoms with Crippen molar-refractivity contribution in [3.8, 4) is 17.0 Å². The number of nitrogen functional groups attached to an aromatic ring is 1. The van der Waals surface area contributed by atoms with Crippen LogP contribution in [0.3, 0.4) is 0 Å². The van der Waals surface area contributed by atoms with Crippen LogP contribution < -0.4 is 15.8 Å². The molecule has 0 radical (unpaired) electrons. The highest BCUT2D eigenvalue weighted by Gasteiger charge is 2.07. The Morgan fingerprint density at radius 2 is 2.03 bits per heavy atom. The highest BCUT2D eigenvalue weighted by atomic mass is 16.5. The Labute approximate surface area is 171 Å². The number of anilines is 3. The summed E-state index contributed by atoms with van der Waals surface area (Å²) in [4.78, 5) is 11.3. The molecule has 2 aromatic carbocycles. The molecule has 1 aliphatic rings. The Hall–Kier alpha value is -3.38. The summed E-state index contributed by atoms with van der Waals surface area (Å²) in [5.74, 6) is 1.37. The maximum Gasteiger partial charge on any atom is 0.227 e. The number of ether oxygens (including phenoxy) is 1. The second-order valence-corrected chi connectivity index (χ2v) is 7.19. The van der Waals surface area contributed by atoms with Crippen LogP contribution in [-0.2, 0) is 6.54 Å². The molecule has 6 nitrogen and oxygen atoms in total. The molecule has 1 aromatic heterocycles. The van der Waals surface area contributed by atoms with Gasteiger partial charge in [-0.2, -0.15) is 0 Å². The van der Waals surface area contributed by atoms with Gasteiger partial charge in [0.15, 0.2) is 0 Å². The molecule has 3 aromatic rings. The third kappa shape index (κ3) is 5.12. The normalized spacial score (nSPS) is 16.0. The molecule has 2 heterocycles. The molecule has 0 fully saturated rings. The lowest BCUT2D eigenvalue weighted by Crippen LogP contribution is -2.18. The van der Waals surface area contributed by atoms with Gasteiger partial charge in [0.2, 0.25) is 5.95 Å². The van der Waals surface area contributed by atoms with Crippen molar-refractivity contribution in [1.29, 1.82) is 0 Å². The van der Waals surface area contributed by atoms with Gasteiger partial charge in [-0.15, -0.1) is 0 Å². The summed E-state index contributed by atoms with van der Waals surface area (Å²) < 4.78 is 5.90. The van der Waals surface area contributed by atoms with Gasteiger partial charge in [0.25, 0.3) is 0 Å². The summed E-state index contributed by atoms with van der Waals surface area (Å²) in [5.41, 5.74) is 10.7. The first-order valence-corrected chi connectivity index (χ1v) is 9.72. The summed E-state index contributed by atoms with van der Waals surface area (Å²) in [6.45, 7) is 2.29. The summed E-state index contributed by atoms with van der Waals surface area (Å²) in [6, 6.07) is 15.8. The van der Waals surface area contributed by atoms with Crippen LogP contribution >= 0.6 is 0 Å². The average molecular weight is 387 g/mol. The minimum Gasteiger partial charge on any atom is -0.493 e. The molecule has 0 saturated carbocycles. The smallest absolute Gasteiger partial charge is 0.227 e. The van der Waals surface area contributed by atoms with Crippen molar-refractivity contribution in [1.82, 2.24) is 14.9 Å². The van der Waals surface area contributed by atoms with E-state index in [0.29, 0.717) is 18.2 Å². The number of aromatic nitrogens is 2. The molecule has 0 aliphatic carbocycles. The quantitative estimate of drug-likeness (QED) is 0.444. The van der Waals surface area contributed by atoms with E-state index in [2.05, 4.69) is 45.5 Å². The molecule has 1 aliphatic heterocycles. The van der Waals surface area contributed by atoms with Gasteiger partial charge >= 0.3 is 0 Å². The van der Waals surface area contributed by atoms with Crippen molar-refractivity contribution in [2.75, 3.05) is 31.2 Å². The van der Waals surface area contributed by atoms with Crippen molar-refractivity contribution >= 4 is 17.3 Å². The molecule has 0 unspecified atom stereocenters. The van der Waals surface area contributed by atoms with Crippen molar-refractivity contribution in [3.05, 3.63) is 72.4 Å². The Morgan fingerprint density at radius 1 is 1.10 bits per heavy atom. The Balaban J connectivity index is 1.70. The lowest BCUT2D eigenvalue weighted by Gasteiger charge is -2.16. The molecule has 0 spiro atoms. The predicted molar refractivity (Wildman–Crippen MR) is 117 cm³/mol. The monoisotopic (exact) mass is 387 g/mol. The molecule has 0 saturated heterocycles. The van der Waals surface area contributed by atoms with E-state index in [1.807, 2.05) is 42.5 Å². The van der Waals surface area contributed by atoms with Gasteiger partial charge in [0.05, 0.1) is 12.3 Å². The standard InChI is InChI=1S/C23H25N5O/c1-28-10-3-2-4-11-29-21-7-5-6-18(14-21)22-8-9-25-23(27-22)26-20-13-17(16-28)12-19(24)15-20/h2-3,5-9,12-15H,4,10-11,16,24H2,1H3,(H,25,26,27)/b3-2+. The number of benzene rings is 2. The van der Waals surface area contributed by atoms with E-state index in [1.165, 1.54) is 0 Å². The van der Waals surface area contributed by atoms with Gasteiger partial charge in [-0.25, -0.2) is 9.97 Å². The van der Waals surface area contributed by atoms with E-state index in [-0.39, 0.29) is 0 Å². The SMILES string of the molecule is CN1C/C=C/CCOc2cccc(c2)-c2ccnc(n2)Nc2cc(N)cc(c2)C1. The van der Waals surface area contributed by atoms with Crippen molar-refractivity contribution in [2.45, 2.75) is 13.0 Å². The molecule has 0 atom stereocenters. The van der Waals surface area contributed by atoms with Crippen LogP contribution in [0.25, 0.3) is 11.3 Å². The minimum atomic E-state index is 0.530.